The molecule has 0 amide bonds. The molecule has 0 saturated carbocycles. The van der Waals surface area contributed by atoms with Crippen LogP contribution >= 0.6 is 0 Å². The fourth-order valence-electron chi connectivity index (χ4n) is 5.39. The average Bonchev–Trinajstić information content (AvgIpc) is 3.10. The number of carbonyl (C=O) groups is 2. The first-order valence-electron chi connectivity index (χ1n) is 14.8. The summed E-state index contributed by atoms with van der Waals surface area (Å²) in [6.45, 7) is 6.90. The smallest absolute Gasteiger partial charge is 0.335 e. The molecule has 0 spiro atoms. The maximum Gasteiger partial charge on any atom is 0.335 e. The van der Waals surface area contributed by atoms with Gasteiger partial charge in [-0.3, -0.25) is 0 Å². The predicted molar refractivity (Wildman–Crippen MR) is 189 cm³/mol. The first-order chi connectivity index (χ1) is 22.5. The summed E-state index contributed by atoms with van der Waals surface area (Å²) in [5.74, 6) is -0.0498. The van der Waals surface area contributed by atoms with Gasteiger partial charge in [-0.15, -0.1) is 0 Å². The zero-order chi connectivity index (χ0) is 31.9. The standard InChI is InChI=1S/C42H30O4/c1-3-39(43)45-35-25-15-29(16-26-35)13-19-33-23-21-31-9-5-7-11-37(31)41(33)42-34(24-22-32-10-6-8-12-38(32)42)20-14-30-17-27-36(28-18-30)46-40(44)4-2/h3-28H,1-2H2/b19-13-,20-14-. The minimum Gasteiger partial charge on any atom is -0.423 e. The number of carbonyl (C=O) groups excluding carboxylic acids is 2. The van der Waals surface area contributed by atoms with E-state index in [0.29, 0.717) is 11.5 Å². The molecule has 0 aliphatic heterocycles. The summed E-state index contributed by atoms with van der Waals surface area (Å²) in [7, 11) is 0. The Balaban J connectivity index is 1.46. The van der Waals surface area contributed by atoms with Crippen LogP contribution < -0.4 is 9.47 Å². The lowest BCUT2D eigenvalue weighted by Crippen LogP contribution is -2.02. The van der Waals surface area contributed by atoms with Crippen molar-refractivity contribution in [3.8, 4) is 22.6 Å². The van der Waals surface area contributed by atoms with E-state index in [4.69, 9.17) is 9.47 Å². The first-order valence-corrected chi connectivity index (χ1v) is 14.8. The van der Waals surface area contributed by atoms with Gasteiger partial charge in [0.15, 0.2) is 0 Å². The SMILES string of the molecule is C=CC(=O)Oc1ccc(/C=C\c2ccc3ccccc3c2-c2c(/C=C\c3ccc(OC(=O)C=C)cc3)ccc3ccccc23)cc1. The normalized spacial score (nSPS) is 11.2. The maximum absolute atomic E-state index is 11.6. The molecule has 0 unspecified atom stereocenters. The largest absolute Gasteiger partial charge is 0.423 e. The van der Waals surface area contributed by atoms with Crippen LogP contribution in [0.3, 0.4) is 0 Å². The Morgan fingerprint density at radius 2 is 0.848 bits per heavy atom. The lowest BCUT2D eigenvalue weighted by atomic mass is 9.86. The highest BCUT2D eigenvalue weighted by Crippen LogP contribution is 2.40. The summed E-state index contributed by atoms with van der Waals surface area (Å²) in [5, 5.41) is 4.59. The van der Waals surface area contributed by atoms with Crippen molar-refractivity contribution in [1.82, 2.24) is 0 Å². The number of esters is 2. The minimum absolute atomic E-state index is 0.466. The van der Waals surface area contributed by atoms with Crippen LogP contribution in [0, 0.1) is 0 Å². The summed E-state index contributed by atoms with van der Waals surface area (Å²) in [4.78, 5) is 23.2. The van der Waals surface area contributed by atoms with E-state index in [1.807, 2.05) is 24.3 Å². The number of hydrogen-bond acceptors (Lipinski definition) is 4. The molecular weight excluding hydrogens is 568 g/mol. The summed E-state index contributed by atoms with van der Waals surface area (Å²) < 4.78 is 10.5. The highest BCUT2D eigenvalue weighted by molar-refractivity contribution is 6.11. The molecule has 0 aliphatic carbocycles. The molecule has 0 fully saturated rings. The van der Waals surface area contributed by atoms with E-state index >= 15 is 0 Å². The van der Waals surface area contributed by atoms with Crippen LogP contribution in [0.2, 0.25) is 0 Å². The lowest BCUT2D eigenvalue weighted by molar-refractivity contribution is -0.129. The molecule has 6 aromatic carbocycles. The molecule has 0 aliphatic rings. The maximum atomic E-state index is 11.6. The van der Waals surface area contributed by atoms with Gasteiger partial charge in [-0.05, 0) is 79.2 Å². The summed E-state index contributed by atoms with van der Waals surface area (Å²) in [6, 6.07) is 40.2. The summed E-state index contributed by atoms with van der Waals surface area (Å²) >= 11 is 0. The highest BCUT2D eigenvalue weighted by atomic mass is 16.5. The van der Waals surface area contributed by atoms with Crippen LogP contribution in [0.4, 0.5) is 0 Å². The Labute approximate surface area is 267 Å². The van der Waals surface area contributed by atoms with Crippen LogP contribution in [0.25, 0.3) is 57.0 Å². The van der Waals surface area contributed by atoms with E-state index in [1.54, 1.807) is 24.3 Å². The van der Waals surface area contributed by atoms with Gasteiger partial charge in [-0.25, -0.2) is 9.59 Å². The van der Waals surface area contributed by atoms with Crippen LogP contribution in [0.15, 0.2) is 147 Å². The second kappa shape index (κ2) is 13.6. The number of ether oxygens (including phenoxy) is 2. The van der Waals surface area contributed by atoms with Gasteiger partial charge in [-0.1, -0.05) is 135 Å². The van der Waals surface area contributed by atoms with Gasteiger partial charge in [-0.2, -0.15) is 0 Å². The minimum atomic E-state index is -0.491. The molecule has 0 bridgehead atoms. The molecule has 0 radical (unpaired) electrons. The molecule has 0 aromatic heterocycles. The van der Waals surface area contributed by atoms with Crippen molar-refractivity contribution in [2.45, 2.75) is 0 Å². The van der Waals surface area contributed by atoms with Crippen LogP contribution in [0.1, 0.15) is 22.3 Å². The fourth-order valence-corrected chi connectivity index (χ4v) is 5.39. The molecule has 0 N–H and O–H groups in total. The van der Waals surface area contributed by atoms with Gasteiger partial charge in [0.1, 0.15) is 11.5 Å². The number of rotatable bonds is 9. The number of benzene rings is 6. The molecule has 46 heavy (non-hydrogen) atoms. The zero-order valence-corrected chi connectivity index (χ0v) is 25.1. The van der Waals surface area contributed by atoms with Gasteiger partial charge < -0.3 is 9.47 Å². The molecule has 0 saturated heterocycles. The summed E-state index contributed by atoms with van der Waals surface area (Å²) in [5.41, 5.74) is 6.35. The van der Waals surface area contributed by atoms with E-state index in [-0.39, 0.29) is 0 Å². The third-order valence-corrected chi connectivity index (χ3v) is 7.61. The molecule has 0 heterocycles. The molecule has 4 nitrogen and oxygen atoms in total. The number of hydrogen-bond donors (Lipinski definition) is 0. The topological polar surface area (TPSA) is 52.6 Å². The highest BCUT2D eigenvalue weighted by Gasteiger charge is 2.15. The second-order valence-electron chi connectivity index (χ2n) is 10.6. The molecule has 6 rings (SSSR count). The van der Waals surface area contributed by atoms with E-state index in [0.717, 1.165) is 67.1 Å². The Bertz CT molecular complexity index is 1990. The Morgan fingerprint density at radius 1 is 0.457 bits per heavy atom. The van der Waals surface area contributed by atoms with Crippen LogP contribution in [-0.4, -0.2) is 11.9 Å². The quantitative estimate of drug-likeness (QED) is 0.0719. The van der Waals surface area contributed by atoms with Crippen molar-refractivity contribution in [1.29, 1.82) is 0 Å². The molecule has 4 heteroatoms. The van der Waals surface area contributed by atoms with Crippen LogP contribution in [0.5, 0.6) is 11.5 Å². The second-order valence-corrected chi connectivity index (χ2v) is 10.6. The third kappa shape index (κ3) is 6.62. The van der Waals surface area contributed by atoms with Crippen LogP contribution in [-0.2, 0) is 9.59 Å². The van der Waals surface area contributed by atoms with Gasteiger partial charge in [0.2, 0.25) is 0 Å². The summed E-state index contributed by atoms with van der Waals surface area (Å²) in [6.07, 6.45) is 10.7. The lowest BCUT2D eigenvalue weighted by Gasteiger charge is -2.17. The van der Waals surface area contributed by atoms with Gasteiger partial charge in [0, 0.05) is 12.2 Å². The molecule has 0 atom stereocenters. The van der Waals surface area contributed by atoms with Gasteiger partial charge >= 0.3 is 11.9 Å². The molecule has 222 valence electrons. The Hall–Kier alpha value is -6.26. The monoisotopic (exact) mass is 598 g/mol. The van der Waals surface area contributed by atoms with E-state index < -0.39 is 11.9 Å². The Kier molecular flexibility index (Phi) is 8.80. The van der Waals surface area contributed by atoms with Crippen molar-refractivity contribution in [3.63, 3.8) is 0 Å². The van der Waals surface area contributed by atoms with E-state index in [2.05, 4.69) is 110 Å². The number of fused-ring (bicyclic) bond motifs is 2. The first kappa shape index (κ1) is 29.8. The van der Waals surface area contributed by atoms with Gasteiger partial charge in [0.25, 0.3) is 0 Å². The Morgan fingerprint density at radius 3 is 1.24 bits per heavy atom. The molecule has 6 aromatic rings. The van der Waals surface area contributed by atoms with Crippen molar-refractivity contribution >= 4 is 57.8 Å². The van der Waals surface area contributed by atoms with E-state index in [1.165, 1.54) is 0 Å². The fraction of sp³-hybridized carbons (Fsp3) is 0. The van der Waals surface area contributed by atoms with Crippen molar-refractivity contribution in [2.75, 3.05) is 0 Å². The predicted octanol–water partition coefficient (Wildman–Crippen LogP) is 10.2. The van der Waals surface area contributed by atoms with E-state index in [9.17, 15) is 9.59 Å². The van der Waals surface area contributed by atoms with Crippen molar-refractivity contribution < 1.29 is 19.1 Å². The third-order valence-electron chi connectivity index (χ3n) is 7.61. The van der Waals surface area contributed by atoms with Crippen molar-refractivity contribution in [2.24, 2.45) is 0 Å². The molecular formula is C42H30O4. The van der Waals surface area contributed by atoms with Crippen molar-refractivity contribution in [3.05, 3.63) is 169 Å². The van der Waals surface area contributed by atoms with Gasteiger partial charge in [0.05, 0.1) is 0 Å². The average molecular weight is 599 g/mol. The zero-order valence-electron chi connectivity index (χ0n) is 25.1.